The fourth-order valence-corrected chi connectivity index (χ4v) is 2.31. The van der Waals surface area contributed by atoms with E-state index < -0.39 is 43.1 Å². The molecule has 1 rings (SSSR count). The monoisotopic (exact) mass is 302 g/mol. The largest absolute Gasteiger partial charge is 0.394 e. The van der Waals surface area contributed by atoms with Gasteiger partial charge in [0.15, 0.2) is 6.23 Å². The minimum absolute atomic E-state index is 0.136. The Morgan fingerprint density at radius 2 is 1.95 bits per heavy atom. The molecule has 1 aliphatic heterocycles. The van der Waals surface area contributed by atoms with Crippen molar-refractivity contribution in [3.63, 3.8) is 0 Å². The van der Waals surface area contributed by atoms with Crippen molar-refractivity contribution in [2.24, 2.45) is 0 Å². The highest BCUT2D eigenvalue weighted by atomic mass is 16.5. The van der Waals surface area contributed by atoms with E-state index in [9.17, 15) is 24.9 Å². The number of ether oxygens (including phenoxy) is 1. The number of nitrogens with one attached hydrogen (secondary N) is 1. The average molecular weight is 302 g/mol. The number of amides is 2. The number of aliphatic hydroxyl groups excluding tert-OH is 3. The Hall–Kier alpha value is -1.48. The molecule has 0 spiro atoms. The van der Waals surface area contributed by atoms with Gasteiger partial charge in [-0.05, 0) is 0 Å². The minimum atomic E-state index is -1.38. The van der Waals surface area contributed by atoms with E-state index in [0.29, 0.717) is 0 Å². The fraction of sp³-hybridized carbons (Fsp3) is 0.692. The van der Waals surface area contributed by atoms with E-state index >= 15 is 0 Å². The highest BCUT2D eigenvalue weighted by Gasteiger charge is 2.47. The molecule has 1 saturated heterocycles. The number of hydrogen-bond donors (Lipinski definition) is 4. The molecule has 0 aromatic heterocycles. The maximum atomic E-state index is 11.7. The third-order valence-corrected chi connectivity index (χ3v) is 3.31. The number of hydrogen-bond acceptors (Lipinski definition) is 6. The molecule has 2 amide bonds. The summed E-state index contributed by atoms with van der Waals surface area (Å²) in [4.78, 5) is 24.3. The Bertz CT molecular complexity index is 402. The summed E-state index contributed by atoms with van der Waals surface area (Å²) in [5.74, 6) is -0.792. The molecule has 0 aromatic carbocycles. The molecule has 8 heteroatoms. The SMILES string of the molecule is C=CCN(C(C)=O)[C@@H]1O[C@H](CO)[C@@H](O)[C@H](O)[C@H]1NC(C)=O. The Labute approximate surface area is 123 Å². The predicted molar refractivity (Wildman–Crippen MR) is 72.9 cm³/mol. The van der Waals surface area contributed by atoms with E-state index in [-0.39, 0.29) is 12.5 Å². The predicted octanol–water partition coefficient (Wildman–Crippen LogP) is -2.04. The van der Waals surface area contributed by atoms with E-state index in [1.165, 1.54) is 24.8 Å². The van der Waals surface area contributed by atoms with Gasteiger partial charge in [0.05, 0.1) is 6.61 Å². The van der Waals surface area contributed by atoms with Gasteiger partial charge in [0.1, 0.15) is 24.4 Å². The highest BCUT2D eigenvalue weighted by molar-refractivity contribution is 5.75. The third kappa shape index (κ3) is 4.01. The van der Waals surface area contributed by atoms with Gasteiger partial charge < -0.3 is 30.3 Å². The normalized spacial score (nSPS) is 32.3. The lowest BCUT2D eigenvalue weighted by Gasteiger charge is -2.46. The molecule has 120 valence electrons. The first-order valence-electron chi connectivity index (χ1n) is 6.61. The summed E-state index contributed by atoms with van der Waals surface area (Å²) in [6.07, 6.45) is -3.35. The Balaban J connectivity index is 3.09. The maximum Gasteiger partial charge on any atom is 0.221 e. The summed E-state index contributed by atoms with van der Waals surface area (Å²) in [6.45, 7) is 5.71. The molecule has 0 radical (unpaired) electrons. The van der Waals surface area contributed by atoms with Gasteiger partial charge in [0, 0.05) is 20.4 Å². The van der Waals surface area contributed by atoms with Crippen LogP contribution in [0, 0.1) is 0 Å². The van der Waals surface area contributed by atoms with Crippen LogP contribution in [0.25, 0.3) is 0 Å². The minimum Gasteiger partial charge on any atom is -0.394 e. The summed E-state index contributed by atoms with van der Waals surface area (Å²) in [5.41, 5.74) is 0. The zero-order valence-corrected chi connectivity index (χ0v) is 12.1. The van der Waals surface area contributed by atoms with E-state index in [0.717, 1.165) is 0 Å². The van der Waals surface area contributed by atoms with Crippen LogP contribution in [0.4, 0.5) is 0 Å². The molecule has 0 aliphatic carbocycles. The van der Waals surface area contributed by atoms with Crippen LogP contribution < -0.4 is 5.32 Å². The Morgan fingerprint density at radius 1 is 1.33 bits per heavy atom. The molecular weight excluding hydrogens is 280 g/mol. The van der Waals surface area contributed by atoms with Gasteiger partial charge in [0.25, 0.3) is 0 Å². The molecule has 4 N–H and O–H groups in total. The van der Waals surface area contributed by atoms with E-state index in [1.54, 1.807) is 0 Å². The average Bonchev–Trinajstić information content (AvgIpc) is 2.41. The van der Waals surface area contributed by atoms with Gasteiger partial charge in [-0.15, -0.1) is 6.58 Å². The third-order valence-electron chi connectivity index (χ3n) is 3.31. The van der Waals surface area contributed by atoms with Gasteiger partial charge in [-0.3, -0.25) is 9.59 Å². The second-order valence-corrected chi connectivity index (χ2v) is 4.92. The number of carbonyl (C=O) groups excluding carboxylic acids is 2. The summed E-state index contributed by atoms with van der Waals surface area (Å²) in [5, 5.41) is 31.7. The first kappa shape index (κ1) is 17.6. The summed E-state index contributed by atoms with van der Waals surface area (Å²) >= 11 is 0. The van der Waals surface area contributed by atoms with Gasteiger partial charge in [-0.1, -0.05) is 6.08 Å². The van der Waals surface area contributed by atoms with E-state index in [4.69, 9.17) is 4.74 Å². The first-order chi connectivity index (χ1) is 9.83. The number of rotatable bonds is 5. The van der Waals surface area contributed by atoms with Crippen molar-refractivity contribution in [3.05, 3.63) is 12.7 Å². The van der Waals surface area contributed by atoms with Crippen LogP contribution in [0.2, 0.25) is 0 Å². The fourth-order valence-electron chi connectivity index (χ4n) is 2.31. The van der Waals surface area contributed by atoms with Crippen LogP contribution >= 0.6 is 0 Å². The summed E-state index contributed by atoms with van der Waals surface area (Å²) in [7, 11) is 0. The topological polar surface area (TPSA) is 119 Å². The van der Waals surface area contributed by atoms with Gasteiger partial charge >= 0.3 is 0 Å². The van der Waals surface area contributed by atoms with Gasteiger partial charge in [-0.2, -0.15) is 0 Å². The standard InChI is InChI=1S/C13H22N2O6/c1-4-5-15(8(3)18)13-10(14-7(2)17)12(20)11(19)9(6-16)21-13/h4,9-13,16,19-20H,1,5-6H2,2-3H3,(H,14,17)/t9-,10-,11-,12-,13-/m1/s1. The molecule has 0 unspecified atom stereocenters. The maximum absolute atomic E-state index is 11.7. The molecule has 1 aliphatic rings. The molecule has 1 heterocycles. The van der Waals surface area contributed by atoms with Crippen molar-refractivity contribution >= 4 is 11.8 Å². The molecular formula is C13H22N2O6. The van der Waals surface area contributed by atoms with Gasteiger partial charge in [0.2, 0.25) is 11.8 Å². The van der Waals surface area contributed by atoms with Crippen LogP contribution in [-0.2, 0) is 14.3 Å². The van der Waals surface area contributed by atoms with Crippen LogP contribution in [0.3, 0.4) is 0 Å². The van der Waals surface area contributed by atoms with Crippen LogP contribution in [0.15, 0.2) is 12.7 Å². The van der Waals surface area contributed by atoms with Crippen molar-refractivity contribution in [3.8, 4) is 0 Å². The van der Waals surface area contributed by atoms with Crippen molar-refractivity contribution in [2.45, 2.75) is 44.4 Å². The van der Waals surface area contributed by atoms with E-state index in [1.807, 2.05) is 0 Å². The lowest BCUT2D eigenvalue weighted by molar-refractivity contribution is -0.229. The quantitative estimate of drug-likeness (QED) is 0.435. The summed E-state index contributed by atoms with van der Waals surface area (Å²) in [6, 6.07) is -1.01. The number of nitrogens with zero attached hydrogens (tertiary/aromatic N) is 1. The van der Waals surface area contributed by atoms with E-state index in [2.05, 4.69) is 11.9 Å². The molecule has 21 heavy (non-hydrogen) atoms. The Kier molecular flexibility index (Phi) is 6.28. The lowest BCUT2D eigenvalue weighted by atomic mass is 9.95. The zero-order valence-electron chi connectivity index (χ0n) is 12.1. The second kappa shape index (κ2) is 7.51. The number of aliphatic hydroxyl groups is 3. The van der Waals surface area contributed by atoms with Crippen molar-refractivity contribution < 1.29 is 29.6 Å². The van der Waals surface area contributed by atoms with Crippen LogP contribution in [0.5, 0.6) is 0 Å². The molecule has 0 bridgehead atoms. The highest BCUT2D eigenvalue weighted by Crippen LogP contribution is 2.24. The summed E-state index contributed by atoms with van der Waals surface area (Å²) < 4.78 is 5.49. The molecule has 0 aromatic rings. The lowest BCUT2D eigenvalue weighted by Crippen LogP contribution is -2.68. The molecule has 0 saturated carbocycles. The van der Waals surface area contributed by atoms with Crippen molar-refractivity contribution in [2.75, 3.05) is 13.2 Å². The van der Waals surface area contributed by atoms with Crippen LogP contribution in [0.1, 0.15) is 13.8 Å². The first-order valence-corrected chi connectivity index (χ1v) is 6.61. The molecule has 1 fully saturated rings. The van der Waals surface area contributed by atoms with Gasteiger partial charge in [-0.25, -0.2) is 0 Å². The van der Waals surface area contributed by atoms with Crippen LogP contribution in [-0.4, -0.2) is 75.8 Å². The van der Waals surface area contributed by atoms with Crippen molar-refractivity contribution in [1.29, 1.82) is 0 Å². The molecule has 5 atom stereocenters. The smallest absolute Gasteiger partial charge is 0.221 e. The number of carbonyl (C=O) groups is 2. The zero-order chi connectivity index (χ0) is 16.2. The Morgan fingerprint density at radius 3 is 2.38 bits per heavy atom. The second-order valence-electron chi connectivity index (χ2n) is 4.92. The van der Waals surface area contributed by atoms with Crippen molar-refractivity contribution in [1.82, 2.24) is 10.2 Å². The molecule has 8 nitrogen and oxygen atoms in total.